The van der Waals surface area contributed by atoms with Crippen LogP contribution in [0.15, 0.2) is 370 Å². The fraction of sp³-hybridized carbons (Fsp3) is 0. The third-order valence-corrected chi connectivity index (χ3v) is 29.3. The van der Waals surface area contributed by atoms with E-state index in [0.717, 1.165) is 77.4 Å². The third kappa shape index (κ3) is 8.89. The molecule has 0 aliphatic carbocycles. The van der Waals surface area contributed by atoms with Crippen molar-refractivity contribution in [2.45, 2.75) is 0 Å². The van der Waals surface area contributed by atoms with E-state index in [-0.39, 0.29) is 0 Å². The van der Waals surface area contributed by atoms with Crippen molar-refractivity contribution in [3.05, 3.63) is 370 Å². The van der Waals surface area contributed by atoms with E-state index < -0.39 is 16.1 Å². The fourth-order valence-electron chi connectivity index (χ4n) is 15.7. The molecular weight excluding hydrogens is 1180 g/mol. The van der Waals surface area contributed by atoms with Crippen molar-refractivity contribution < 1.29 is 0 Å². The minimum absolute atomic E-state index is 0.584. The number of nitrogens with zero attached hydrogens (tertiary/aromatic N) is 5. The Morgan fingerprint density at radius 1 is 0.221 bits per heavy atom. The van der Waals surface area contributed by atoms with Gasteiger partial charge in [0.15, 0.2) is 16.1 Å². The Hall–Kier alpha value is -12.0. The van der Waals surface area contributed by atoms with Crippen molar-refractivity contribution in [1.29, 1.82) is 0 Å². The van der Waals surface area contributed by atoms with Crippen molar-refractivity contribution in [3.63, 3.8) is 0 Å². The van der Waals surface area contributed by atoms with Crippen molar-refractivity contribution >= 4 is 123 Å². The van der Waals surface area contributed by atoms with E-state index in [2.05, 4.69) is 384 Å². The van der Waals surface area contributed by atoms with Crippen LogP contribution in [0, 0.1) is 0 Å². The van der Waals surface area contributed by atoms with Gasteiger partial charge in [-0.25, -0.2) is 4.98 Å². The summed E-state index contributed by atoms with van der Waals surface area (Å²) in [4.78, 5) is 11.7. The highest BCUT2D eigenvalue weighted by atomic mass is 28.3. The maximum atomic E-state index is 5.85. The Labute approximate surface area is 553 Å². The molecular formula is C88H61N5Si2. The van der Waals surface area contributed by atoms with Crippen LogP contribution in [0.1, 0.15) is 0 Å². The predicted molar refractivity (Wildman–Crippen MR) is 403 cm³/mol. The maximum Gasteiger partial charge on any atom is 0.237 e. The van der Waals surface area contributed by atoms with Gasteiger partial charge in [-0.05, 0) is 95.1 Å². The van der Waals surface area contributed by atoms with E-state index >= 15 is 0 Å². The Morgan fingerprint density at radius 2 is 0.611 bits per heavy atom. The zero-order chi connectivity index (χ0) is 62.9. The van der Waals surface area contributed by atoms with Crippen LogP contribution in [0.5, 0.6) is 0 Å². The highest BCUT2D eigenvalue weighted by molar-refractivity contribution is 7.20. The smallest absolute Gasteiger partial charge is 0.237 e. The first-order valence-corrected chi connectivity index (χ1v) is 36.6. The maximum absolute atomic E-state index is 5.85. The lowest BCUT2D eigenvalue weighted by Crippen LogP contribution is -2.74. The predicted octanol–water partition coefficient (Wildman–Crippen LogP) is 15.9. The number of aromatic nitrogens is 5. The van der Waals surface area contributed by atoms with Crippen LogP contribution in [0.25, 0.3) is 105 Å². The molecule has 7 heteroatoms. The van der Waals surface area contributed by atoms with Gasteiger partial charge >= 0.3 is 0 Å². The SMILES string of the molecule is c1ccc(-c2cccc([Si](c3ccccc3)(c3ccccc3)c3ccc(-c4cc(-n5c6ccccc6c6ccccc65)nc(-n5c6ccccc6c6ccc7c(c8ccccc8n7-c7cccc([Si](c8ccccc8)(c8ccccc8)c8ccccc8)c7)c65)n4)cc3)c2)cc1. The van der Waals surface area contributed by atoms with Crippen LogP contribution in [0.2, 0.25) is 0 Å². The molecule has 0 saturated carbocycles. The first kappa shape index (κ1) is 55.8. The Morgan fingerprint density at radius 3 is 1.13 bits per heavy atom. The van der Waals surface area contributed by atoms with Gasteiger partial charge in [0.05, 0.1) is 38.8 Å². The molecule has 0 spiro atoms. The molecule has 0 bridgehead atoms. The van der Waals surface area contributed by atoms with Gasteiger partial charge in [0, 0.05) is 49.6 Å². The zero-order valence-electron chi connectivity index (χ0n) is 52.0. The average molecular weight is 1240 g/mol. The summed E-state index contributed by atoms with van der Waals surface area (Å²) >= 11 is 0. The molecule has 446 valence electrons. The lowest BCUT2D eigenvalue weighted by Gasteiger charge is -2.34. The van der Waals surface area contributed by atoms with E-state index in [1.165, 1.54) is 63.4 Å². The van der Waals surface area contributed by atoms with Crippen molar-refractivity contribution in [2.75, 3.05) is 0 Å². The second-order valence-electron chi connectivity index (χ2n) is 24.7. The molecule has 0 radical (unpaired) electrons. The summed E-state index contributed by atoms with van der Waals surface area (Å²) in [6, 6.07) is 137. The zero-order valence-corrected chi connectivity index (χ0v) is 54.0. The topological polar surface area (TPSA) is 40.6 Å². The summed E-state index contributed by atoms with van der Waals surface area (Å²) in [5.74, 6) is 1.36. The summed E-state index contributed by atoms with van der Waals surface area (Å²) in [5.41, 5.74) is 11.7. The van der Waals surface area contributed by atoms with Gasteiger partial charge in [-0.3, -0.25) is 9.13 Å². The lowest BCUT2D eigenvalue weighted by atomic mass is 10.1. The molecule has 0 aliphatic heterocycles. The van der Waals surface area contributed by atoms with Crippen LogP contribution in [-0.4, -0.2) is 39.8 Å². The Balaban J connectivity index is 0.884. The second-order valence-corrected chi connectivity index (χ2v) is 32.4. The summed E-state index contributed by atoms with van der Waals surface area (Å²) in [6.07, 6.45) is 0. The number of fused-ring (bicyclic) bond motifs is 10. The van der Waals surface area contributed by atoms with Crippen molar-refractivity contribution in [1.82, 2.24) is 23.7 Å². The first-order valence-electron chi connectivity index (χ1n) is 32.6. The molecule has 14 aromatic carbocycles. The van der Waals surface area contributed by atoms with Crippen LogP contribution < -0.4 is 41.5 Å². The third-order valence-electron chi connectivity index (χ3n) is 19.8. The standard InChI is InChI=1S/C88H61N5Si2/c1-7-29-62(30-8-1)64-31-27-43-72(59-64)95(69-39-15-5-16-40-69,70-41-17-6-18-42-70)71-55-53-63(54-56-71)79-61-85(92-80-49-23-19-45-74(80)75-46-20-24-50-81(75)92)90-88(89-79)93-82-51-25-21-47-76(82)77-57-58-84-86(87(77)93)78-48-22-26-52-83(78)91(84)65-32-28-44-73(60-65)94(66-33-9-2-10-34-66,67-35-11-3-12-36-67)68-37-13-4-14-38-68/h1-61H. The molecule has 18 aromatic rings. The molecule has 4 aromatic heterocycles. The highest BCUT2D eigenvalue weighted by Crippen LogP contribution is 2.43. The summed E-state index contributed by atoms with van der Waals surface area (Å²) in [5, 5.41) is 17.4. The van der Waals surface area contributed by atoms with Crippen molar-refractivity contribution in [3.8, 4) is 39.8 Å². The van der Waals surface area contributed by atoms with Gasteiger partial charge in [-0.1, -0.05) is 322 Å². The van der Waals surface area contributed by atoms with E-state index in [0.29, 0.717) is 5.95 Å². The molecule has 0 unspecified atom stereocenters. The number of hydrogen-bond donors (Lipinski definition) is 0. The molecule has 0 saturated heterocycles. The first-order chi connectivity index (χ1) is 47.1. The number of benzene rings is 14. The number of hydrogen-bond acceptors (Lipinski definition) is 2. The summed E-state index contributed by atoms with van der Waals surface area (Å²) in [7, 11) is -5.89. The average Bonchev–Trinajstić information content (AvgIpc) is 1.65. The van der Waals surface area contributed by atoms with Crippen LogP contribution in [-0.2, 0) is 0 Å². The fourth-order valence-corrected chi connectivity index (χ4v) is 25.3. The van der Waals surface area contributed by atoms with E-state index in [4.69, 9.17) is 9.97 Å². The van der Waals surface area contributed by atoms with E-state index in [1.54, 1.807) is 0 Å². The minimum Gasteiger partial charge on any atom is -0.309 e. The monoisotopic (exact) mass is 1240 g/mol. The largest absolute Gasteiger partial charge is 0.309 e. The molecule has 5 nitrogen and oxygen atoms in total. The molecule has 0 aliphatic rings. The van der Waals surface area contributed by atoms with Crippen LogP contribution in [0.3, 0.4) is 0 Å². The molecule has 4 heterocycles. The highest BCUT2D eigenvalue weighted by Gasteiger charge is 2.43. The van der Waals surface area contributed by atoms with Gasteiger partial charge in [-0.2, -0.15) is 4.98 Å². The van der Waals surface area contributed by atoms with Crippen LogP contribution in [0.4, 0.5) is 0 Å². The van der Waals surface area contributed by atoms with E-state index in [1.807, 2.05) is 0 Å². The summed E-state index contributed by atoms with van der Waals surface area (Å²) in [6.45, 7) is 0. The van der Waals surface area contributed by atoms with Gasteiger partial charge in [0.2, 0.25) is 5.95 Å². The second kappa shape index (κ2) is 23.0. The number of rotatable bonds is 13. The molecule has 95 heavy (non-hydrogen) atoms. The van der Waals surface area contributed by atoms with Gasteiger partial charge in [0.1, 0.15) is 5.82 Å². The molecule has 0 N–H and O–H groups in total. The molecule has 0 atom stereocenters. The van der Waals surface area contributed by atoms with Gasteiger partial charge in [-0.15, -0.1) is 0 Å². The molecule has 0 amide bonds. The molecule has 18 rings (SSSR count). The summed E-state index contributed by atoms with van der Waals surface area (Å²) < 4.78 is 7.18. The minimum atomic E-state index is -2.99. The van der Waals surface area contributed by atoms with Crippen LogP contribution >= 0.6 is 0 Å². The molecule has 0 fully saturated rings. The Bertz CT molecular complexity index is 5700. The quantitative estimate of drug-likeness (QED) is 0.0853. The van der Waals surface area contributed by atoms with E-state index in [9.17, 15) is 0 Å². The van der Waals surface area contributed by atoms with Gasteiger partial charge < -0.3 is 4.57 Å². The number of para-hydroxylation sites is 4. The normalized spacial score (nSPS) is 12.0. The lowest BCUT2D eigenvalue weighted by molar-refractivity contribution is 0.953. The van der Waals surface area contributed by atoms with Crippen molar-refractivity contribution in [2.24, 2.45) is 0 Å². The Kier molecular flexibility index (Phi) is 13.5. The van der Waals surface area contributed by atoms with Gasteiger partial charge in [0.25, 0.3) is 0 Å².